The van der Waals surface area contributed by atoms with Gasteiger partial charge in [0.15, 0.2) is 17.0 Å². The second-order valence-corrected chi connectivity index (χ2v) is 7.31. The van der Waals surface area contributed by atoms with Crippen LogP contribution in [0.2, 0.25) is 0 Å². The number of alkyl halides is 3. The van der Waals surface area contributed by atoms with Crippen LogP contribution in [0.4, 0.5) is 13.2 Å². The fraction of sp³-hybridized carbons (Fsp3) is 0.273. The fourth-order valence-electron chi connectivity index (χ4n) is 3.44. The summed E-state index contributed by atoms with van der Waals surface area (Å²) in [5.41, 5.74) is 1.00. The minimum atomic E-state index is -4.70. The average molecular weight is 458 g/mol. The number of benzene rings is 1. The monoisotopic (exact) mass is 458 g/mol. The van der Waals surface area contributed by atoms with Gasteiger partial charge >= 0.3 is 6.18 Å². The molecule has 4 rings (SSSR count). The van der Waals surface area contributed by atoms with Gasteiger partial charge in [-0.2, -0.15) is 23.4 Å². The van der Waals surface area contributed by atoms with Gasteiger partial charge in [-0.25, -0.2) is 9.50 Å². The molecule has 0 aliphatic rings. The molecular formula is C22H21F3N6O2. The van der Waals surface area contributed by atoms with Crippen LogP contribution in [0.1, 0.15) is 34.4 Å². The number of hydrogen-bond acceptors (Lipinski definition) is 5. The molecule has 4 aromatic rings. The lowest BCUT2D eigenvalue weighted by Crippen LogP contribution is -2.23. The smallest absolute Gasteiger partial charge is 0.433 e. The molecule has 0 unspecified atom stereocenters. The molecule has 1 aromatic carbocycles. The van der Waals surface area contributed by atoms with Crippen molar-refractivity contribution in [2.75, 3.05) is 7.11 Å². The van der Waals surface area contributed by atoms with Crippen molar-refractivity contribution in [2.24, 2.45) is 0 Å². The number of rotatable bonds is 6. The minimum Gasteiger partial charge on any atom is -0.497 e. The van der Waals surface area contributed by atoms with Crippen molar-refractivity contribution >= 4 is 11.6 Å². The van der Waals surface area contributed by atoms with E-state index in [2.05, 4.69) is 20.5 Å². The number of carbonyl (C=O) groups excluding carboxylic acids is 1. The summed E-state index contributed by atoms with van der Waals surface area (Å²) in [6.07, 6.45) is -3.05. The van der Waals surface area contributed by atoms with E-state index >= 15 is 0 Å². The molecule has 0 fully saturated rings. The Morgan fingerprint density at radius 1 is 1.18 bits per heavy atom. The van der Waals surface area contributed by atoms with Crippen LogP contribution >= 0.6 is 0 Å². The van der Waals surface area contributed by atoms with Crippen molar-refractivity contribution in [2.45, 2.75) is 33.1 Å². The van der Waals surface area contributed by atoms with Gasteiger partial charge in [0.05, 0.1) is 19.0 Å². The Hall–Kier alpha value is -3.89. The lowest BCUT2D eigenvalue weighted by atomic mass is 10.1. The molecule has 0 radical (unpaired) electrons. The third kappa shape index (κ3) is 4.38. The van der Waals surface area contributed by atoms with Crippen LogP contribution in [0, 0.1) is 6.92 Å². The first-order valence-electron chi connectivity index (χ1n) is 10.1. The highest BCUT2D eigenvalue weighted by molar-refractivity contribution is 5.93. The van der Waals surface area contributed by atoms with Crippen LogP contribution in [0.5, 0.6) is 5.75 Å². The summed E-state index contributed by atoms with van der Waals surface area (Å²) in [7, 11) is 1.50. The zero-order valence-electron chi connectivity index (χ0n) is 18.1. The van der Waals surface area contributed by atoms with Gasteiger partial charge in [-0.15, -0.1) is 0 Å². The Labute approximate surface area is 187 Å². The summed E-state index contributed by atoms with van der Waals surface area (Å²) < 4.78 is 48.8. The molecule has 0 saturated heterocycles. The average Bonchev–Trinajstić information content (AvgIpc) is 3.39. The Balaban J connectivity index is 1.67. The first-order chi connectivity index (χ1) is 15.7. The molecule has 0 saturated carbocycles. The van der Waals surface area contributed by atoms with Crippen molar-refractivity contribution in [3.05, 3.63) is 65.2 Å². The van der Waals surface area contributed by atoms with Crippen molar-refractivity contribution in [1.29, 1.82) is 0 Å². The molecule has 11 heteroatoms. The molecule has 0 bridgehead atoms. The van der Waals surface area contributed by atoms with Crippen LogP contribution in [-0.2, 0) is 19.3 Å². The fourth-order valence-corrected chi connectivity index (χ4v) is 3.44. The highest BCUT2D eigenvalue weighted by Crippen LogP contribution is 2.32. The van der Waals surface area contributed by atoms with Gasteiger partial charge in [0.1, 0.15) is 5.75 Å². The maximum Gasteiger partial charge on any atom is 0.433 e. The number of hydrogen-bond donors (Lipinski definition) is 1. The zero-order valence-corrected chi connectivity index (χ0v) is 18.1. The Bertz CT molecular complexity index is 1310. The summed E-state index contributed by atoms with van der Waals surface area (Å²) in [5, 5.41) is 10.8. The van der Waals surface area contributed by atoms with Gasteiger partial charge in [-0.3, -0.25) is 9.48 Å². The summed E-state index contributed by atoms with van der Waals surface area (Å²) in [5.74, 6) is -0.0397. The molecule has 3 aromatic heterocycles. The van der Waals surface area contributed by atoms with Gasteiger partial charge in [0, 0.05) is 36.0 Å². The first kappa shape index (κ1) is 22.3. The number of amides is 1. The van der Waals surface area contributed by atoms with E-state index in [1.807, 2.05) is 13.8 Å². The zero-order chi connectivity index (χ0) is 23.8. The molecule has 8 nitrogen and oxygen atoms in total. The molecule has 0 atom stereocenters. The summed E-state index contributed by atoms with van der Waals surface area (Å²) in [6, 6.07) is 8.63. The number of aromatic nitrogens is 5. The Morgan fingerprint density at radius 3 is 2.52 bits per heavy atom. The van der Waals surface area contributed by atoms with Crippen LogP contribution in [0.25, 0.3) is 16.9 Å². The van der Waals surface area contributed by atoms with E-state index in [4.69, 9.17) is 4.74 Å². The molecule has 172 valence electrons. The second-order valence-electron chi connectivity index (χ2n) is 7.31. The van der Waals surface area contributed by atoms with Gasteiger partial charge in [-0.05, 0) is 44.2 Å². The van der Waals surface area contributed by atoms with Gasteiger partial charge in [0.25, 0.3) is 5.91 Å². The lowest BCUT2D eigenvalue weighted by Gasteiger charge is -2.11. The number of nitrogens with one attached hydrogen (secondary N) is 1. The van der Waals surface area contributed by atoms with Gasteiger partial charge in [-0.1, -0.05) is 0 Å². The Kier molecular flexibility index (Phi) is 5.79. The molecular weight excluding hydrogens is 437 g/mol. The van der Waals surface area contributed by atoms with E-state index in [1.165, 1.54) is 13.2 Å². The van der Waals surface area contributed by atoms with E-state index < -0.39 is 17.8 Å². The van der Waals surface area contributed by atoms with Crippen LogP contribution in [0.3, 0.4) is 0 Å². The SMILES string of the molecule is CCn1ncc(CNC(=O)c2cc3nc(-c4ccc(OC)cc4)cc(C(F)(F)F)n3n2)c1C. The summed E-state index contributed by atoms with van der Waals surface area (Å²) in [6.45, 7) is 4.69. The molecule has 1 N–H and O–H groups in total. The third-order valence-corrected chi connectivity index (χ3v) is 5.28. The summed E-state index contributed by atoms with van der Waals surface area (Å²) >= 11 is 0. The third-order valence-electron chi connectivity index (χ3n) is 5.28. The number of nitrogens with zero attached hydrogens (tertiary/aromatic N) is 5. The van der Waals surface area contributed by atoms with Gasteiger partial charge < -0.3 is 10.1 Å². The first-order valence-corrected chi connectivity index (χ1v) is 10.1. The lowest BCUT2D eigenvalue weighted by molar-refractivity contribution is -0.142. The van der Waals surface area contributed by atoms with Crippen LogP contribution < -0.4 is 10.1 Å². The predicted molar refractivity (Wildman–Crippen MR) is 114 cm³/mol. The molecule has 3 heterocycles. The maximum atomic E-state index is 13.8. The van der Waals surface area contributed by atoms with E-state index in [0.717, 1.165) is 17.3 Å². The minimum absolute atomic E-state index is 0.0872. The number of aryl methyl sites for hydroxylation is 1. The van der Waals surface area contributed by atoms with Crippen LogP contribution in [-0.4, -0.2) is 37.4 Å². The largest absolute Gasteiger partial charge is 0.497 e. The van der Waals surface area contributed by atoms with E-state index in [9.17, 15) is 18.0 Å². The van der Waals surface area contributed by atoms with Crippen molar-refractivity contribution in [1.82, 2.24) is 29.7 Å². The second kappa shape index (κ2) is 8.57. The maximum absolute atomic E-state index is 13.8. The molecule has 1 amide bonds. The van der Waals surface area contributed by atoms with Crippen molar-refractivity contribution in [3.8, 4) is 17.0 Å². The summed E-state index contributed by atoms with van der Waals surface area (Å²) in [4.78, 5) is 16.9. The number of ether oxygens (including phenoxy) is 1. The topological polar surface area (TPSA) is 86.3 Å². The Morgan fingerprint density at radius 2 is 1.91 bits per heavy atom. The molecule has 0 spiro atoms. The number of halogens is 3. The van der Waals surface area contributed by atoms with Crippen molar-refractivity contribution in [3.63, 3.8) is 0 Å². The van der Waals surface area contributed by atoms with Gasteiger partial charge in [0.2, 0.25) is 0 Å². The van der Waals surface area contributed by atoms with Crippen molar-refractivity contribution < 1.29 is 22.7 Å². The molecule has 33 heavy (non-hydrogen) atoms. The van der Waals surface area contributed by atoms with E-state index in [1.54, 1.807) is 35.1 Å². The normalized spacial score (nSPS) is 11.7. The highest BCUT2D eigenvalue weighted by atomic mass is 19.4. The van der Waals surface area contributed by atoms with E-state index in [0.29, 0.717) is 22.4 Å². The number of fused-ring (bicyclic) bond motifs is 1. The molecule has 0 aliphatic carbocycles. The quantitative estimate of drug-likeness (QED) is 0.474. The standard InChI is InChI=1S/C22H21F3N6O2/c1-4-30-13(2)15(12-27-30)11-26-21(32)18-10-20-28-17(14-5-7-16(33-3)8-6-14)9-19(22(23,24)25)31(20)29-18/h5-10,12H,4,11H2,1-3H3,(H,26,32). The van der Waals surface area contributed by atoms with Crippen LogP contribution in [0.15, 0.2) is 42.6 Å². The highest BCUT2D eigenvalue weighted by Gasteiger charge is 2.35. The number of carbonyl (C=O) groups is 1. The van der Waals surface area contributed by atoms with E-state index in [-0.39, 0.29) is 23.6 Å². The predicted octanol–water partition coefficient (Wildman–Crippen LogP) is 3.88. The number of methoxy groups -OCH3 is 1. The molecule has 0 aliphatic heterocycles.